The van der Waals surface area contributed by atoms with Crippen molar-refractivity contribution in [3.05, 3.63) is 29.8 Å². The van der Waals surface area contributed by atoms with Crippen molar-refractivity contribution < 1.29 is 9.90 Å². The van der Waals surface area contributed by atoms with Crippen molar-refractivity contribution in [3.8, 4) is 0 Å². The van der Waals surface area contributed by atoms with Crippen LogP contribution in [0.5, 0.6) is 0 Å². The maximum absolute atomic E-state index is 12.2. The summed E-state index contributed by atoms with van der Waals surface area (Å²) in [6.45, 7) is 5.27. The Morgan fingerprint density at radius 1 is 1.52 bits per heavy atom. The smallest absolute Gasteiger partial charge is 0.238 e. The Bertz CT molecular complexity index is 474. The van der Waals surface area contributed by atoms with Crippen LogP contribution >= 0.6 is 0 Å². The average molecular weight is 290 g/mol. The molecular formula is C17H26N2O2. The number of hydrogen-bond donors (Lipinski definition) is 2. The van der Waals surface area contributed by atoms with Crippen LogP contribution in [0.25, 0.3) is 0 Å². The van der Waals surface area contributed by atoms with Gasteiger partial charge in [-0.3, -0.25) is 9.69 Å². The predicted octanol–water partition coefficient (Wildman–Crippen LogP) is 2.42. The Hall–Kier alpha value is -1.39. The zero-order valence-corrected chi connectivity index (χ0v) is 13.0. The fourth-order valence-corrected chi connectivity index (χ4v) is 3.02. The number of benzene rings is 1. The number of carbonyl (C=O) groups is 1. The molecule has 1 aliphatic rings. The highest BCUT2D eigenvalue weighted by Crippen LogP contribution is 2.21. The summed E-state index contributed by atoms with van der Waals surface area (Å²) in [7, 11) is 0. The molecule has 2 N–H and O–H groups in total. The van der Waals surface area contributed by atoms with Gasteiger partial charge in [-0.1, -0.05) is 19.1 Å². The number of nitrogens with zero attached hydrogens (tertiary/aromatic N) is 1. The first-order valence-electron chi connectivity index (χ1n) is 7.89. The molecular weight excluding hydrogens is 264 g/mol. The standard InChI is InChI=1S/C17H26N2O2/c1-3-14-6-4-7-15(11-14)18-17(21)12-19-9-5-8-16(19)10-13(2)20/h4,6-7,11,13,16,20H,3,5,8-10,12H2,1-2H3,(H,18,21). The Balaban J connectivity index is 1.88. The second-order valence-electron chi connectivity index (χ2n) is 5.95. The van der Waals surface area contributed by atoms with Gasteiger partial charge in [0.05, 0.1) is 12.6 Å². The molecule has 4 nitrogen and oxygen atoms in total. The molecule has 21 heavy (non-hydrogen) atoms. The van der Waals surface area contributed by atoms with Crippen LogP contribution in [0.2, 0.25) is 0 Å². The summed E-state index contributed by atoms with van der Waals surface area (Å²) >= 11 is 0. The molecule has 1 fully saturated rings. The van der Waals surface area contributed by atoms with Gasteiger partial charge >= 0.3 is 0 Å². The number of likely N-dealkylation sites (tertiary alicyclic amines) is 1. The van der Waals surface area contributed by atoms with Crippen molar-refractivity contribution >= 4 is 11.6 Å². The van der Waals surface area contributed by atoms with E-state index in [4.69, 9.17) is 0 Å². The minimum atomic E-state index is -0.306. The first-order valence-corrected chi connectivity index (χ1v) is 7.89. The number of anilines is 1. The zero-order chi connectivity index (χ0) is 15.2. The highest BCUT2D eigenvalue weighted by atomic mass is 16.3. The maximum atomic E-state index is 12.2. The summed E-state index contributed by atoms with van der Waals surface area (Å²) in [5, 5.41) is 12.5. The third-order valence-corrected chi connectivity index (χ3v) is 4.08. The number of nitrogens with one attached hydrogen (secondary N) is 1. The van der Waals surface area contributed by atoms with Gasteiger partial charge in [0.1, 0.15) is 0 Å². The third-order valence-electron chi connectivity index (χ3n) is 4.08. The number of amides is 1. The molecule has 2 atom stereocenters. The minimum absolute atomic E-state index is 0.0285. The third kappa shape index (κ3) is 4.83. The summed E-state index contributed by atoms with van der Waals surface area (Å²) in [6, 6.07) is 8.32. The molecule has 1 heterocycles. The first-order chi connectivity index (χ1) is 10.1. The van der Waals surface area contributed by atoms with E-state index in [0.29, 0.717) is 12.6 Å². The van der Waals surface area contributed by atoms with Gasteiger partial charge in [0.25, 0.3) is 0 Å². The highest BCUT2D eigenvalue weighted by molar-refractivity contribution is 5.92. The monoisotopic (exact) mass is 290 g/mol. The van der Waals surface area contributed by atoms with Gasteiger partial charge < -0.3 is 10.4 Å². The first kappa shape index (κ1) is 16.0. The van der Waals surface area contributed by atoms with Crippen LogP contribution in [0.3, 0.4) is 0 Å². The zero-order valence-electron chi connectivity index (χ0n) is 13.0. The van der Waals surface area contributed by atoms with Crippen LogP contribution in [-0.2, 0) is 11.2 Å². The van der Waals surface area contributed by atoms with E-state index in [-0.39, 0.29) is 12.0 Å². The lowest BCUT2D eigenvalue weighted by Gasteiger charge is -2.24. The van der Waals surface area contributed by atoms with Crippen molar-refractivity contribution in [3.63, 3.8) is 0 Å². The van der Waals surface area contributed by atoms with Crippen molar-refractivity contribution in [1.29, 1.82) is 0 Å². The van der Waals surface area contributed by atoms with E-state index < -0.39 is 0 Å². The van der Waals surface area contributed by atoms with E-state index in [0.717, 1.165) is 37.9 Å². The molecule has 2 rings (SSSR count). The van der Waals surface area contributed by atoms with Gasteiger partial charge in [0.2, 0.25) is 5.91 Å². The molecule has 0 spiro atoms. The topological polar surface area (TPSA) is 52.6 Å². The molecule has 0 bridgehead atoms. The van der Waals surface area contributed by atoms with Crippen molar-refractivity contribution in [2.45, 2.75) is 51.7 Å². The Morgan fingerprint density at radius 2 is 2.33 bits per heavy atom. The average Bonchev–Trinajstić information content (AvgIpc) is 2.85. The van der Waals surface area contributed by atoms with Gasteiger partial charge in [-0.2, -0.15) is 0 Å². The van der Waals surface area contributed by atoms with Crippen LogP contribution < -0.4 is 5.32 Å². The Morgan fingerprint density at radius 3 is 3.05 bits per heavy atom. The fourth-order valence-electron chi connectivity index (χ4n) is 3.02. The molecule has 0 saturated carbocycles. The van der Waals surface area contributed by atoms with E-state index >= 15 is 0 Å². The summed E-state index contributed by atoms with van der Waals surface area (Å²) in [4.78, 5) is 14.4. The molecule has 0 aliphatic carbocycles. The molecule has 2 unspecified atom stereocenters. The van der Waals surface area contributed by atoms with Crippen LogP contribution in [0.1, 0.15) is 38.7 Å². The normalized spacial score (nSPS) is 20.4. The molecule has 1 saturated heterocycles. The summed E-state index contributed by atoms with van der Waals surface area (Å²) in [5.74, 6) is 0.0285. The van der Waals surface area contributed by atoms with Crippen molar-refractivity contribution in [1.82, 2.24) is 4.90 Å². The van der Waals surface area contributed by atoms with Crippen LogP contribution in [0.4, 0.5) is 5.69 Å². The lowest BCUT2D eigenvalue weighted by Crippen LogP contribution is -2.38. The highest BCUT2D eigenvalue weighted by Gasteiger charge is 2.27. The quantitative estimate of drug-likeness (QED) is 0.846. The molecule has 116 valence electrons. The maximum Gasteiger partial charge on any atom is 0.238 e. The predicted molar refractivity (Wildman–Crippen MR) is 85.3 cm³/mol. The van der Waals surface area contributed by atoms with Gasteiger partial charge in [0, 0.05) is 11.7 Å². The molecule has 1 aromatic rings. The number of rotatable bonds is 6. The summed E-state index contributed by atoms with van der Waals surface area (Å²) in [5.41, 5.74) is 2.09. The summed E-state index contributed by atoms with van der Waals surface area (Å²) in [6.07, 6.45) is 3.59. The molecule has 0 aromatic heterocycles. The molecule has 4 heteroatoms. The second-order valence-corrected chi connectivity index (χ2v) is 5.95. The Labute approximate surface area is 127 Å². The van der Waals surface area contributed by atoms with Crippen molar-refractivity contribution in [2.75, 3.05) is 18.4 Å². The van der Waals surface area contributed by atoms with E-state index in [1.165, 1.54) is 5.56 Å². The molecule has 0 radical (unpaired) electrons. The largest absolute Gasteiger partial charge is 0.393 e. The molecule has 1 amide bonds. The van der Waals surface area contributed by atoms with Gasteiger partial charge in [-0.25, -0.2) is 0 Å². The van der Waals surface area contributed by atoms with Gasteiger partial charge in [0.15, 0.2) is 0 Å². The molecule has 1 aromatic carbocycles. The van der Waals surface area contributed by atoms with Crippen LogP contribution in [-0.4, -0.2) is 41.1 Å². The van der Waals surface area contributed by atoms with E-state index in [9.17, 15) is 9.90 Å². The number of aryl methyl sites for hydroxylation is 1. The van der Waals surface area contributed by atoms with Gasteiger partial charge in [-0.15, -0.1) is 0 Å². The lowest BCUT2D eigenvalue weighted by molar-refractivity contribution is -0.117. The van der Waals surface area contributed by atoms with E-state index in [1.807, 2.05) is 25.1 Å². The minimum Gasteiger partial charge on any atom is -0.393 e. The molecule has 1 aliphatic heterocycles. The Kier molecular flexibility index (Phi) is 5.76. The SMILES string of the molecule is CCc1cccc(NC(=O)CN2CCCC2CC(C)O)c1. The van der Waals surface area contributed by atoms with E-state index in [2.05, 4.69) is 23.2 Å². The number of hydrogen-bond acceptors (Lipinski definition) is 3. The number of carbonyl (C=O) groups excluding carboxylic acids is 1. The number of aliphatic hydroxyl groups is 1. The van der Waals surface area contributed by atoms with Crippen LogP contribution in [0.15, 0.2) is 24.3 Å². The lowest BCUT2D eigenvalue weighted by atomic mass is 10.1. The number of aliphatic hydroxyl groups excluding tert-OH is 1. The summed E-state index contributed by atoms with van der Waals surface area (Å²) < 4.78 is 0. The fraction of sp³-hybridized carbons (Fsp3) is 0.588. The second kappa shape index (κ2) is 7.57. The van der Waals surface area contributed by atoms with Crippen LogP contribution in [0, 0.1) is 0 Å². The van der Waals surface area contributed by atoms with E-state index in [1.54, 1.807) is 0 Å². The van der Waals surface area contributed by atoms with Gasteiger partial charge in [-0.05, 0) is 56.8 Å². The van der Waals surface area contributed by atoms with Crippen molar-refractivity contribution in [2.24, 2.45) is 0 Å².